The first-order valence-electron chi connectivity index (χ1n) is 5.66. The van der Waals surface area contributed by atoms with E-state index in [-0.39, 0.29) is 17.5 Å². The van der Waals surface area contributed by atoms with E-state index in [1.807, 2.05) is 24.3 Å². The van der Waals surface area contributed by atoms with Gasteiger partial charge in [-0.1, -0.05) is 35.0 Å². The molecule has 17 heavy (non-hydrogen) atoms. The summed E-state index contributed by atoms with van der Waals surface area (Å²) in [5, 5.41) is 0. The first-order chi connectivity index (χ1) is 7.94. The molecule has 1 rings (SSSR count). The average Bonchev–Trinajstić information content (AvgIpc) is 2.28. The Kier molecular flexibility index (Phi) is 5.62. The van der Waals surface area contributed by atoms with Crippen molar-refractivity contribution in [1.82, 2.24) is 0 Å². The molecule has 0 fully saturated rings. The van der Waals surface area contributed by atoms with Gasteiger partial charge in [0.1, 0.15) is 9.84 Å². The first kappa shape index (κ1) is 14.7. The van der Waals surface area contributed by atoms with Crippen LogP contribution in [0, 0.1) is 0 Å². The summed E-state index contributed by atoms with van der Waals surface area (Å²) in [6, 6.07) is 7.71. The van der Waals surface area contributed by atoms with Gasteiger partial charge in [-0.3, -0.25) is 0 Å². The number of hydrogen-bond donors (Lipinski definition) is 1. The second kappa shape index (κ2) is 6.52. The zero-order valence-electron chi connectivity index (χ0n) is 9.90. The Balaban J connectivity index is 2.48. The summed E-state index contributed by atoms with van der Waals surface area (Å²) in [6.07, 6.45) is 1.31. The topological polar surface area (TPSA) is 60.2 Å². The van der Waals surface area contributed by atoms with Crippen LogP contribution in [-0.4, -0.2) is 19.9 Å². The summed E-state index contributed by atoms with van der Waals surface area (Å²) < 4.78 is 23.6. The molecule has 0 aliphatic carbocycles. The summed E-state index contributed by atoms with van der Waals surface area (Å²) in [6.45, 7) is 1.67. The fourth-order valence-electron chi connectivity index (χ4n) is 1.57. The van der Waals surface area contributed by atoms with Crippen LogP contribution in [0.25, 0.3) is 0 Å². The normalized spacial score (nSPS) is 13.6. The lowest BCUT2D eigenvalue weighted by molar-refractivity contribution is 0.584. The van der Waals surface area contributed by atoms with Gasteiger partial charge in [0.25, 0.3) is 0 Å². The molecule has 0 spiro atoms. The molecule has 96 valence electrons. The van der Waals surface area contributed by atoms with E-state index in [2.05, 4.69) is 15.9 Å². The van der Waals surface area contributed by atoms with Gasteiger partial charge < -0.3 is 5.73 Å². The van der Waals surface area contributed by atoms with Gasteiger partial charge in [0, 0.05) is 16.3 Å². The minimum absolute atomic E-state index is 0.0976. The largest absolute Gasteiger partial charge is 0.324 e. The van der Waals surface area contributed by atoms with Crippen LogP contribution in [0.3, 0.4) is 0 Å². The van der Waals surface area contributed by atoms with Crippen LogP contribution >= 0.6 is 15.9 Å². The van der Waals surface area contributed by atoms with Crippen LogP contribution in [0.15, 0.2) is 28.7 Å². The molecule has 0 saturated heterocycles. The molecule has 0 aromatic heterocycles. The van der Waals surface area contributed by atoms with Crippen LogP contribution in [0.2, 0.25) is 0 Å². The maximum atomic E-state index is 11.3. The molecule has 1 atom stereocenters. The lowest BCUT2D eigenvalue weighted by Gasteiger charge is -2.12. The van der Waals surface area contributed by atoms with E-state index < -0.39 is 9.84 Å². The van der Waals surface area contributed by atoms with Gasteiger partial charge in [-0.25, -0.2) is 8.42 Å². The summed E-state index contributed by atoms with van der Waals surface area (Å²) in [5.74, 6) is 0.435. The molecule has 1 unspecified atom stereocenters. The maximum Gasteiger partial charge on any atom is 0.150 e. The van der Waals surface area contributed by atoms with E-state index in [9.17, 15) is 8.42 Å². The molecule has 0 heterocycles. The average molecular weight is 320 g/mol. The van der Waals surface area contributed by atoms with Crippen molar-refractivity contribution in [3.05, 3.63) is 34.3 Å². The fraction of sp³-hybridized carbons (Fsp3) is 0.500. The smallest absolute Gasteiger partial charge is 0.150 e. The van der Waals surface area contributed by atoms with Crippen LogP contribution in [0.5, 0.6) is 0 Å². The number of sulfone groups is 1. The predicted octanol–water partition coefficient (Wildman–Crippen LogP) is 2.66. The molecule has 0 saturated carbocycles. The van der Waals surface area contributed by atoms with E-state index in [0.717, 1.165) is 10.0 Å². The molecule has 2 N–H and O–H groups in total. The highest BCUT2D eigenvalue weighted by Crippen LogP contribution is 2.20. The monoisotopic (exact) mass is 319 g/mol. The van der Waals surface area contributed by atoms with Crippen molar-refractivity contribution in [3.8, 4) is 0 Å². The number of rotatable bonds is 6. The van der Waals surface area contributed by atoms with Crippen molar-refractivity contribution in [3.63, 3.8) is 0 Å². The predicted molar refractivity (Wildman–Crippen MR) is 74.6 cm³/mol. The van der Waals surface area contributed by atoms with Crippen molar-refractivity contribution in [2.45, 2.75) is 25.8 Å². The molecule has 0 aliphatic heterocycles. The molecule has 1 aromatic carbocycles. The molecule has 1 aromatic rings. The van der Waals surface area contributed by atoms with E-state index >= 15 is 0 Å². The van der Waals surface area contributed by atoms with Crippen molar-refractivity contribution in [2.24, 2.45) is 5.73 Å². The molecule has 3 nitrogen and oxygen atoms in total. The number of halogens is 1. The van der Waals surface area contributed by atoms with Crippen LogP contribution in [0.1, 0.15) is 31.4 Å². The van der Waals surface area contributed by atoms with Crippen molar-refractivity contribution in [2.75, 3.05) is 11.5 Å². The third kappa shape index (κ3) is 5.19. The Bertz CT molecular complexity index is 459. The highest BCUT2D eigenvalue weighted by molar-refractivity contribution is 9.10. The quantitative estimate of drug-likeness (QED) is 0.876. The second-order valence-electron chi connectivity index (χ2n) is 4.04. The van der Waals surface area contributed by atoms with Crippen LogP contribution in [0.4, 0.5) is 0 Å². The third-order valence-corrected chi connectivity index (χ3v) is 4.97. The number of benzene rings is 1. The highest BCUT2D eigenvalue weighted by atomic mass is 79.9. The molecule has 0 aliphatic rings. The molecular weight excluding hydrogens is 302 g/mol. The Morgan fingerprint density at radius 2 is 2.12 bits per heavy atom. The lowest BCUT2D eigenvalue weighted by atomic mass is 10.0. The maximum absolute atomic E-state index is 11.3. The van der Waals surface area contributed by atoms with Gasteiger partial charge in [-0.2, -0.15) is 0 Å². The number of hydrogen-bond acceptors (Lipinski definition) is 3. The Morgan fingerprint density at radius 3 is 2.71 bits per heavy atom. The van der Waals surface area contributed by atoms with E-state index in [1.54, 1.807) is 6.92 Å². The van der Waals surface area contributed by atoms with E-state index in [1.165, 1.54) is 0 Å². The fourth-order valence-corrected chi connectivity index (χ4v) is 2.88. The highest BCUT2D eigenvalue weighted by Gasteiger charge is 2.10. The Labute approximate surface area is 111 Å². The first-order valence-corrected chi connectivity index (χ1v) is 8.27. The molecular formula is C12H18BrNO2S. The van der Waals surface area contributed by atoms with Gasteiger partial charge in [-0.05, 0) is 30.5 Å². The Morgan fingerprint density at radius 1 is 1.41 bits per heavy atom. The molecule has 0 radical (unpaired) electrons. The zero-order valence-corrected chi connectivity index (χ0v) is 12.3. The van der Waals surface area contributed by atoms with Gasteiger partial charge >= 0.3 is 0 Å². The van der Waals surface area contributed by atoms with Gasteiger partial charge in [-0.15, -0.1) is 0 Å². The van der Waals surface area contributed by atoms with Crippen LogP contribution < -0.4 is 5.73 Å². The minimum Gasteiger partial charge on any atom is -0.324 e. The van der Waals surface area contributed by atoms with Crippen molar-refractivity contribution < 1.29 is 8.42 Å². The van der Waals surface area contributed by atoms with E-state index in [4.69, 9.17) is 5.73 Å². The Hall–Kier alpha value is -0.390. The van der Waals surface area contributed by atoms with Gasteiger partial charge in [0.05, 0.1) is 5.75 Å². The second-order valence-corrected chi connectivity index (χ2v) is 7.43. The van der Waals surface area contributed by atoms with E-state index in [0.29, 0.717) is 12.8 Å². The standard InChI is InChI=1S/C12H18BrNO2S/c1-2-17(15,16)8-4-7-12(14)10-5-3-6-11(13)9-10/h3,5-6,9,12H,2,4,7-8,14H2,1H3. The van der Waals surface area contributed by atoms with Crippen molar-refractivity contribution >= 4 is 25.8 Å². The van der Waals surface area contributed by atoms with Gasteiger partial charge in [0.2, 0.25) is 0 Å². The summed E-state index contributed by atoms with van der Waals surface area (Å²) in [4.78, 5) is 0. The van der Waals surface area contributed by atoms with Crippen molar-refractivity contribution in [1.29, 1.82) is 0 Å². The summed E-state index contributed by atoms with van der Waals surface area (Å²) >= 11 is 3.39. The van der Waals surface area contributed by atoms with Crippen LogP contribution in [-0.2, 0) is 9.84 Å². The third-order valence-electron chi connectivity index (χ3n) is 2.69. The zero-order chi connectivity index (χ0) is 12.9. The van der Waals surface area contributed by atoms with Gasteiger partial charge in [0.15, 0.2) is 0 Å². The SMILES string of the molecule is CCS(=O)(=O)CCCC(N)c1cccc(Br)c1. The molecule has 5 heteroatoms. The summed E-state index contributed by atoms with van der Waals surface area (Å²) in [5.41, 5.74) is 7.05. The molecule has 0 amide bonds. The number of nitrogens with two attached hydrogens (primary N) is 1. The lowest BCUT2D eigenvalue weighted by Crippen LogP contribution is -2.14. The summed E-state index contributed by atoms with van der Waals surface area (Å²) in [7, 11) is -2.87. The minimum atomic E-state index is -2.87. The molecule has 0 bridgehead atoms.